The van der Waals surface area contributed by atoms with Gasteiger partial charge in [-0.25, -0.2) is 0 Å². The zero-order chi connectivity index (χ0) is 60.9. The predicted molar refractivity (Wildman–Crippen MR) is 277 cm³/mol. The second kappa shape index (κ2) is 57.1. The predicted octanol–water partition coefficient (Wildman–Crippen LogP) is 8.02. The third kappa shape index (κ3) is 61.1. The average molecular weight is 1090 g/mol. The van der Waals surface area contributed by atoms with Crippen LogP contribution in [0.1, 0.15) is 0 Å². The molecule has 0 atom stereocenters. The molecule has 0 amide bonds. The Labute approximate surface area is 456 Å². The summed E-state index contributed by atoms with van der Waals surface area (Å²) < 4.78 is 39.6. The van der Waals surface area contributed by atoms with Crippen molar-refractivity contribution in [3.63, 3.8) is 0 Å². The number of diazo groups is 8. The van der Waals surface area contributed by atoms with Crippen LogP contribution in [0.2, 0.25) is 0 Å². The molecule has 0 aromatic heterocycles. The zero-order valence-electron chi connectivity index (χ0n) is 41.3. The zero-order valence-corrected chi connectivity index (χ0v) is 41.3. The lowest BCUT2D eigenvalue weighted by atomic mass is 10.3. The van der Waals surface area contributed by atoms with Crippen LogP contribution in [0.5, 0.6) is 0 Å². The Kier molecular flexibility index (Phi) is 53.7. The minimum absolute atomic E-state index is 0.590. The molecule has 0 bridgehead atoms. The first kappa shape index (κ1) is 75.3. The van der Waals surface area contributed by atoms with Crippen LogP contribution < -0.4 is 40.2 Å². The van der Waals surface area contributed by atoms with E-state index in [1.807, 2.05) is 146 Å². The molecule has 0 aliphatic carbocycles. The second-order valence-corrected chi connectivity index (χ2v) is 12.6. The summed E-state index contributed by atoms with van der Waals surface area (Å²) in [6.45, 7) is 0. The summed E-state index contributed by atoms with van der Waals surface area (Å²) >= 11 is 0. The molecule has 0 unspecified atom stereocenters. The number of benzene rings is 8. The molecule has 0 saturated carbocycles. The molecule has 8 aromatic rings. The van der Waals surface area contributed by atoms with Gasteiger partial charge in [0.2, 0.25) is 43.1 Å². The van der Waals surface area contributed by atoms with E-state index in [1.54, 1.807) is 97.1 Å². The van der Waals surface area contributed by atoms with E-state index < -0.39 is 29.6 Å². The Morgan fingerprint density at radius 2 is 0.250 bits per heavy atom. The molecule has 80 heavy (non-hydrogen) atoms. The standard InChI is InChI=1S/8C6H5N2.4BFO2/c8*7-8-6-4-2-1-3-5-6;4*2-1(3)4/h8*1-5H;;;;/q8*+1;4*-2. The Morgan fingerprint density at radius 1 is 0.188 bits per heavy atom. The molecule has 8 rings (SSSR count). The van der Waals surface area contributed by atoms with Crippen LogP contribution in [0.4, 0.5) is 62.8 Å². The van der Waals surface area contributed by atoms with Crippen molar-refractivity contribution in [1.82, 2.24) is 0 Å². The summed E-state index contributed by atoms with van der Waals surface area (Å²) in [6.07, 6.45) is 0. The van der Waals surface area contributed by atoms with E-state index in [0.29, 0.717) is 45.5 Å². The Balaban J connectivity index is -0.000000398. The third-order valence-electron chi connectivity index (χ3n) is 6.97. The summed E-state index contributed by atoms with van der Waals surface area (Å²) in [5, 5.41) is 132. The maximum atomic E-state index is 9.89. The first-order chi connectivity index (χ1) is 38.4. The second-order valence-electron chi connectivity index (χ2n) is 12.6. The van der Waals surface area contributed by atoms with E-state index >= 15 is 0 Å². The molecule has 0 fully saturated rings. The van der Waals surface area contributed by atoms with Crippen molar-refractivity contribution in [2.75, 3.05) is 0 Å². The van der Waals surface area contributed by atoms with Gasteiger partial charge in [-0.3, -0.25) is 0 Å². The maximum Gasteiger partial charge on any atom is 0.385 e. The fourth-order valence-corrected chi connectivity index (χ4v) is 3.96. The SMILES string of the molecule is N#[N+]c1ccccc1.N#[N+]c1ccccc1.N#[N+]c1ccccc1.N#[N+]c1ccccc1.N#[N+]c1ccccc1.N#[N+]c1ccccc1.N#[N+]c1ccccc1.N#[N+]c1ccccc1.[O-]B([O-])F.[O-]B([O-])F.[O-]B([O-])F.[O-]B([O-])F. The molecule has 0 radical (unpaired) electrons. The van der Waals surface area contributed by atoms with E-state index in [2.05, 4.69) is 39.8 Å². The van der Waals surface area contributed by atoms with E-state index in [9.17, 15) is 17.3 Å². The van der Waals surface area contributed by atoms with Crippen molar-refractivity contribution < 1.29 is 57.5 Å². The van der Waals surface area contributed by atoms with Crippen molar-refractivity contribution in [2.24, 2.45) is 0 Å². The monoisotopic (exact) mass is 1090 g/mol. The quantitative estimate of drug-likeness (QED) is 0.0787. The highest BCUT2D eigenvalue weighted by molar-refractivity contribution is 6.27. The highest BCUT2D eigenvalue weighted by Gasteiger charge is 2.00. The molecule has 0 spiro atoms. The molecule has 0 aliphatic heterocycles. The number of nitrogens with zero attached hydrogens (tertiary/aromatic N) is 16. The highest BCUT2D eigenvalue weighted by Crippen LogP contribution is 2.12. The number of hydrogen-bond acceptors (Lipinski definition) is 16. The molecule has 0 saturated heterocycles. The fraction of sp³-hybridized carbons (Fsp3) is 0. The van der Waals surface area contributed by atoms with Gasteiger partial charge in [0, 0.05) is 97.1 Å². The van der Waals surface area contributed by atoms with Gasteiger partial charge in [0.1, 0.15) is 29.6 Å². The number of rotatable bonds is 0. The van der Waals surface area contributed by atoms with E-state index in [-0.39, 0.29) is 0 Å². The van der Waals surface area contributed by atoms with Crippen molar-refractivity contribution in [1.29, 1.82) is 43.1 Å². The third-order valence-corrected chi connectivity index (χ3v) is 6.97. The highest BCUT2D eigenvalue weighted by atomic mass is 19.1. The van der Waals surface area contributed by atoms with Gasteiger partial charge < -0.3 is 57.5 Å². The Bertz CT molecular complexity index is 2430. The van der Waals surface area contributed by atoms with Crippen LogP contribution in [-0.2, 0) is 0 Å². The first-order valence-electron chi connectivity index (χ1n) is 21.4. The summed E-state index contributed by atoms with van der Waals surface area (Å²) in [7, 11) is -12.7. The minimum Gasteiger partial charge on any atom is -0.867 e. The lowest BCUT2D eigenvalue weighted by Crippen LogP contribution is -2.39. The van der Waals surface area contributed by atoms with Crippen LogP contribution in [0.25, 0.3) is 39.8 Å². The van der Waals surface area contributed by atoms with Gasteiger partial charge in [0.05, 0.1) is 0 Å². The minimum atomic E-state index is -3.17. The maximum absolute atomic E-state index is 9.89. The topological polar surface area (TPSA) is 410 Å². The Morgan fingerprint density at radius 3 is 0.287 bits per heavy atom. The van der Waals surface area contributed by atoms with Gasteiger partial charge >= 0.3 is 45.5 Å². The van der Waals surface area contributed by atoms with Crippen LogP contribution in [0.15, 0.2) is 243 Å². The smallest absolute Gasteiger partial charge is 0.385 e. The van der Waals surface area contributed by atoms with Gasteiger partial charge in [-0.15, -0.1) is 0 Å². The van der Waals surface area contributed by atoms with Gasteiger partial charge in [-0.2, -0.15) is 0 Å². The molecule has 0 N–H and O–H groups in total. The van der Waals surface area contributed by atoms with E-state index in [4.69, 9.17) is 83.3 Å². The molecule has 8 aromatic carbocycles. The molecule has 0 aliphatic rings. The Hall–Kier alpha value is -11.2. The lowest BCUT2D eigenvalue weighted by Gasteiger charge is -2.09. The van der Waals surface area contributed by atoms with Crippen LogP contribution in [-0.4, -0.2) is 29.6 Å². The molecule has 400 valence electrons. The van der Waals surface area contributed by atoms with Gasteiger partial charge in [-0.1, -0.05) is 146 Å². The molecular formula is C48H40B4F4N16O8. The van der Waals surface area contributed by atoms with Crippen molar-refractivity contribution >= 4 is 75.1 Å². The summed E-state index contributed by atoms with van der Waals surface area (Å²) in [5.74, 6) is 0. The molecule has 0 heterocycles. The summed E-state index contributed by atoms with van der Waals surface area (Å²) in [5.41, 5.74) is 4.72. The van der Waals surface area contributed by atoms with Crippen molar-refractivity contribution in [3.05, 3.63) is 282 Å². The van der Waals surface area contributed by atoms with Gasteiger partial charge in [-0.05, 0) is 0 Å². The number of halogens is 4. The van der Waals surface area contributed by atoms with E-state index in [1.165, 1.54) is 0 Å². The normalized spacial score (nSPS) is 7.65. The van der Waals surface area contributed by atoms with Crippen LogP contribution >= 0.6 is 0 Å². The van der Waals surface area contributed by atoms with Gasteiger partial charge in [0.25, 0.3) is 0 Å². The van der Waals surface area contributed by atoms with Gasteiger partial charge in [0.15, 0.2) is 39.8 Å². The largest absolute Gasteiger partial charge is 0.867 e. The molecule has 24 nitrogen and oxygen atoms in total. The fourth-order valence-electron chi connectivity index (χ4n) is 3.96. The average Bonchev–Trinajstić information content (AvgIpc) is 3.49. The first-order valence-corrected chi connectivity index (χ1v) is 21.4. The summed E-state index contributed by atoms with van der Waals surface area (Å²) in [6, 6.07) is 71.5. The molecular weight excluding hydrogens is 1050 g/mol. The van der Waals surface area contributed by atoms with Crippen LogP contribution in [0, 0.1) is 43.1 Å². The number of hydrogen-bond donors (Lipinski definition) is 0. The van der Waals surface area contributed by atoms with E-state index in [0.717, 1.165) is 0 Å². The summed E-state index contributed by atoms with van der Waals surface area (Å²) in [4.78, 5) is 23.8. The molecule has 32 heteroatoms. The van der Waals surface area contributed by atoms with Crippen molar-refractivity contribution in [2.45, 2.75) is 0 Å². The van der Waals surface area contributed by atoms with Crippen molar-refractivity contribution in [3.8, 4) is 0 Å². The lowest BCUT2D eigenvalue weighted by molar-refractivity contribution is -0.368. The van der Waals surface area contributed by atoms with Crippen LogP contribution in [0.3, 0.4) is 0 Å².